The van der Waals surface area contributed by atoms with E-state index in [-0.39, 0.29) is 0 Å². The van der Waals surface area contributed by atoms with Crippen molar-refractivity contribution in [2.45, 2.75) is 51.1 Å². The minimum Gasteiger partial charge on any atom is -0.313 e. The molecule has 0 aromatic carbocycles. The van der Waals surface area contributed by atoms with E-state index >= 15 is 0 Å². The van der Waals surface area contributed by atoms with Gasteiger partial charge < -0.3 is 10.6 Å². The van der Waals surface area contributed by atoms with Crippen molar-refractivity contribution in [2.75, 3.05) is 13.1 Å². The number of hydrogen-bond acceptors (Lipinski definition) is 4. The van der Waals surface area contributed by atoms with E-state index in [1.54, 1.807) is 11.3 Å². The highest BCUT2D eigenvalue weighted by atomic mass is 32.1. The largest absolute Gasteiger partial charge is 0.313 e. The summed E-state index contributed by atoms with van der Waals surface area (Å²) in [6.07, 6.45) is 8.54. The smallest absolute Gasteiger partial charge is 0.109 e. The summed E-state index contributed by atoms with van der Waals surface area (Å²) in [5.74, 6) is 0. The lowest BCUT2D eigenvalue weighted by Crippen LogP contribution is -2.34. The predicted octanol–water partition coefficient (Wildman–Crippen LogP) is 2.72. The summed E-state index contributed by atoms with van der Waals surface area (Å²) in [6.45, 7) is 4.32. The Kier molecular flexibility index (Phi) is 5.42. The van der Waals surface area contributed by atoms with Crippen LogP contribution in [0, 0.1) is 0 Å². The fourth-order valence-electron chi connectivity index (χ4n) is 2.47. The molecule has 17 heavy (non-hydrogen) atoms. The van der Waals surface area contributed by atoms with Gasteiger partial charge in [0.2, 0.25) is 0 Å². The SMILES string of the molecule is CCC(NCCNC1CCCC1)c1nccs1. The molecule has 1 aromatic rings. The second kappa shape index (κ2) is 7.09. The van der Waals surface area contributed by atoms with Crippen LogP contribution in [0.25, 0.3) is 0 Å². The van der Waals surface area contributed by atoms with Crippen LogP contribution in [0.1, 0.15) is 50.1 Å². The molecular weight excluding hydrogens is 230 g/mol. The first-order valence-corrected chi connectivity index (χ1v) is 7.64. The molecule has 4 heteroatoms. The Bertz CT molecular complexity index is 294. The van der Waals surface area contributed by atoms with Gasteiger partial charge in [-0.15, -0.1) is 11.3 Å². The molecule has 96 valence electrons. The molecule has 1 fully saturated rings. The minimum atomic E-state index is 0.431. The van der Waals surface area contributed by atoms with E-state index in [1.165, 1.54) is 30.7 Å². The first kappa shape index (κ1) is 13.0. The van der Waals surface area contributed by atoms with Gasteiger partial charge in [0.25, 0.3) is 0 Å². The van der Waals surface area contributed by atoms with Gasteiger partial charge in [0.05, 0.1) is 6.04 Å². The van der Waals surface area contributed by atoms with Crippen molar-refractivity contribution in [2.24, 2.45) is 0 Å². The molecule has 1 saturated carbocycles. The number of rotatable bonds is 7. The molecule has 0 aliphatic heterocycles. The topological polar surface area (TPSA) is 37.0 Å². The van der Waals surface area contributed by atoms with E-state index in [1.807, 2.05) is 6.20 Å². The van der Waals surface area contributed by atoms with Crippen LogP contribution in [0.4, 0.5) is 0 Å². The number of hydrogen-bond donors (Lipinski definition) is 2. The van der Waals surface area contributed by atoms with Crippen LogP contribution in [-0.4, -0.2) is 24.1 Å². The van der Waals surface area contributed by atoms with Crippen molar-refractivity contribution in [1.82, 2.24) is 15.6 Å². The van der Waals surface area contributed by atoms with Crippen molar-refractivity contribution in [1.29, 1.82) is 0 Å². The normalized spacial score (nSPS) is 18.6. The highest BCUT2D eigenvalue weighted by Crippen LogP contribution is 2.19. The lowest BCUT2D eigenvalue weighted by molar-refractivity contribution is 0.469. The first-order valence-electron chi connectivity index (χ1n) is 6.76. The summed E-state index contributed by atoms with van der Waals surface area (Å²) in [5.41, 5.74) is 0. The minimum absolute atomic E-state index is 0.431. The molecule has 1 unspecified atom stereocenters. The summed E-state index contributed by atoms with van der Waals surface area (Å²) in [6, 6.07) is 1.21. The van der Waals surface area contributed by atoms with Crippen LogP contribution >= 0.6 is 11.3 Å². The van der Waals surface area contributed by atoms with Crippen LogP contribution in [0.5, 0.6) is 0 Å². The van der Waals surface area contributed by atoms with Crippen LogP contribution in [0.3, 0.4) is 0 Å². The van der Waals surface area contributed by atoms with Crippen LogP contribution in [0.2, 0.25) is 0 Å². The third-order valence-electron chi connectivity index (χ3n) is 3.46. The summed E-state index contributed by atoms with van der Waals surface area (Å²) in [5, 5.41) is 10.5. The van der Waals surface area contributed by atoms with Crippen molar-refractivity contribution in [3.63, 3.8) is 0 Å². The Hall–Kier alpha value is -0.450. The van der Waals surface area contributed by atoms with Crippen molar-refractivity contribution < 1.29 is 0 Å². The zero-order valence-corrected chi connectivity index (χ0v) is 11.4. The summed E-state index contributed by atoms with van der Waals surface area (Å²) in [7, 11) is 0. The summed E-state index contributed by atoms with van der Waals surface area (Å²) in [4.78, 5) is 4.38. The monoisotopic (exact) mass is 253 g/mol. The van der Waals surface area contributed by atoms with Gasteiger partial charge in [-0.25, -0.2) is 4.98 Å². The first-order chi connectivity index (χ1) is 8.40. The molecule has 1 heterocycles. The highest BCUT2D eigenvalue weighted by molar-refractivity contribution is 7.09. The van der Waals surface area contributed by atoms with Crippen molar-refractivity contribution >= 4 is 11.3 Å². The third kappa shape index (κ3) is 4.05. The fourth-order valence-corrected chi connectivity index (χ4v) is 3.26. The van der Waals surface area contributed by atoms with Gasteiger partial charge in [-0.3, -0.25) is 0 Å². The maximum atomic E-state index is 4.38. The molecular formula is C13H23N3S. The predicted molar refractivity (Wildman–Crippen MR) is 73.4 cm³/mol. The summed E-state index contributed by atoms with van der Waals surface area (Å²) < 4.78 is 0. The second-order valence-corrected chi connectivity index (χ2v) is 5.65. The number of aromatic nitrogens is 1. The van der Waals surface area contributed by atoms with Gasteiger partial charge in [0, 0.05) is 30.7 Å². The molecule has 0 spiro atoms. The fraction of sp³-hybridized carbons (Fsp3) is 0.769. The maximum absolute atomic E-state index is 4.38. The molecule has 0 bridgehead atoms. The molecule has 0 saturated heterocycles. The zero-order valence-electron chi connectivity index (χ0n) is 10.6. The molecule has 1 aromatic heterocycles. The van der Waals surface area contributed by atoms with Gasteiger partial charge in [0.15, 0.2) is 0 Å². The average Bonchev–Trinajstić information content (AvgIpc) is 3.01. The Morgan fingerprint density at radius 2 is 2.24 bits per heavy atom. The quantitative estimate of drug-likeness (QED) is 0.734. The van der Waals surface area contributed by atoms with E-state index in [4.69, 9.17) is 0 Å². The highest BCUT2D eigenvalue weighted by Gasteiger charge is 2.14. The van der Waals surface area contributed by atoms with Crippen LogP contribution in [0.15, 0.2) is 11.6 Å². The molecule has 1 aliphatic carbocycles. The van der Waals surface area contributed by atoms with Gasteiger partial charge in [-0.1, -0.05) is 19.8 Å². The second-order valence-electron chi connectivity index (χ2n) is 4.72. The Labute approximate surface area is 108 Å². The molecule has 3 nitrogen and oxygen atoms in total. The number of nitrogens with one attached hydrogen (secondary N) is 2. The molecule has 2 rings (SSSR count). The zero-order chi connectivity index (χ0) is 11.9. The van der Waals surface area contributed by atoms with Crippen molar-refractivity contribution in [3.05, 3.63) is 16.6 Å². The number of nitrogens with zero attached hydrogens (tertiary/aromatic N) is 1. The lowest BCUT2D eigenvalue weighted by atomic mass is 10.2. The van der Waals surface area contributed by atoms with Gasteiger partial charge in [0.1, 0.15) is 5.01 Å². The van der Waals surface area contributed by atoms with Gasteiger partial charge >= 0.3 is 0 Å². The van der Waals surface area contributed by atoms with Crippen molar-refractivity contribution in [3.8, 4) is 0 Å². The third-order valence-corrected chi connectivity index (χ3v) is 4.35. The molecule has 1 aliphatic rings. The van der Waals surface area contributed by atoms with E-state index in [9.17, 15) is 0 Å². The standard InChI is InChI=1S/C13H23N3S/c1-2-12(13-16-9-10-17-13)15-8-7-14-11-5-3-4-6-11/h9-12,14-15H,2-8H2,1H3. The number of thiazole rings is 1. The van der Waals surface area contributed by atoms with Crippen LogP contribution < -0.4 is 10.6 Å². The van der Waals surface area contributed by atoms with Crippen LogP contribution in [-0.2, 0) is 0 Å². The molecule has 0 radical (unpaired) electrons. The Morgan fingerprint density at radius 1 is 1.41 bits per heavy atom. The van der Waals surface area contributed by atoms with E-state index in [0.717, 1.165) is 25.6 Å². The molecule has 0 amide bonds. The summed E-state index contributed by atoms with van der Waals surface area (Å²) >= 11 is 1.74. The Morgan fingerprint density at radius 3 is 2.88 bits per heavy atom. The Balaban J connectivity index is 1.63. The van der Waals surface area contributed by atoms with Gasteiger partial charge in [-0.2, -0.15) is 0 Å². The van der Waals surface area contributed by atoms with E-state index < -0.39 is 0 Å². The van der Waals surface area contributed by atoms with E-state index in [2.05, 4.69) is 27.9 Å². The molecule has 2 N–H and O–H groups in total. The lowest BCUT2D eigenvalue weighted by Gasteiger charge is -2.16. The van der Waals surface area contributed by atoms with E-state index in [0.29, 0.717) is 6.04 Å². The maximum Gasteiger partial charge on any atom is 0.109 e. The average molecular weight is 253 g/mol. The van der Waals surface area contributed by atoms with Gasteiger partial charge in [-0.05, 0) is 19.3 Å². The molecule has 1 atom stereocenters.